The van der Waals surface area contributed by atoms with Crippen LogP contribution in [0.15, 0.2) is 24.3 Å². The second-order valence-electron chi connectivity index (χ2n) is 4.23. The van der Waals surface area contributed by atoms with Crippen molar-refractivity contribution in [2.45, 2.75) is 13.8 Å². The first-order valence-electron chi connectivity index (χ1n) is 6.26. The lowest BCUT2D eigenvalue weighted by atomic mass is 10.1. The van der Waals surface area contributed by atoms with E-state index in [1.54, 1.807) is 13.8 Å². The highest BCUT2D eigenvalue weighted by Gasteiger charge is 2.49. The summed E-state index contributed by atoms with van der Waals surface area (Å²) in [6.07, 6.45) is 0.595. The number of carbonyl (C=O) groups excluding carboxylic acids is 2. The highest BCUT2D eigenvalue weighted by molar-refractivity contribution is 7.60. The fourth-order valence-electron chi connectivity index (χ4n) is 1.65. The summed E-state index contributed by atoms with van der Waals surface area (Å²) in [6.45, 7) is 3.43. The number of rotatable bonds is 4. The predicted octanol–water partition coefficient (Wildman–Crippen LogP) is 2.33. The van der Waals surface area contributed by atoms with E-state index in [9.17, 15) is 14.2 Å². The molecular formula is C12H14AlO6P. The van der Waals surface area contributed by atoms with Gasteiger partial charge >= 0.3 is 27.1 Å². The minimum Gasteiger partial charge on any atom is -0.558 e. The van der Waals surface area contributed by atoms with Crippen molar-refractivity contribution in [3.63, 3.8) is 0 Å². The van der Waals surface area contributed by atoms with Gasteiger partial charge in [0.25, 0.3) is 0 Å². The molecule has 2 heterocycles. The Labute approximate surface area is 121 Å². The van der Waals surface area contributed by atoms with Crippen molar-refractivity contribution in [3.05, 3.63) is 35.4 Å². The third-order valence-electron chi connectivity index (χ3n) is 3.00. The molecule has 1 aromatic rings. The monoisotopic (exact) mass is 312 g/mol. The first-order valence-corrected chi connectivity index (χ1v) is 9.67. The van der Waals surface area contributed by atoms with Gasteiger partial charge in [0.05, 0.1) is 11.1 Å². The molecule has 0 saturated heterocycles. The van der Waals surface area contributed by atoms with Crippen LogP contribution in [0, 0.1) is 0 Å². The average Bonchev–Trinajstić information content (AvgIpc) is 2.54. The van der Waals surface area contributed by atoms with E-state index in [1.807, 2.05) is 0 Å². The molecule has 0 amide bonds. The Morgan fingerprint density at radius 2 is 1.40 bits per heavy atom. The van der Waals surface area contributed by atoms with Crippen LogP contribution in [0.2, 0.25) is 0 Å². The molecule has 0 aliphatic carbocycles. The molecule has 3 rings (SSSR count). The van der Waals surface area contributed by atoms with Gasteiger partial charge in [-0.2, -0.15) is 0 Å². The molecule has 0 radical (unpaired) electrons. The lowest BCUT2D eigenvalue weighted by molar-refractivity contribution is 0.0537. The standard InChI is InChI=1S/C8H6O4.C4H11O2P.Al/c9-7(10)5-1-2-6(4-3-5)8(11)12;1-3-7(5,6)4-2;/h1-4H,(H,9,10)(H,11,12);3-4H2,1-2H3,(H,5,6);/q;;+3/p-3. The molecule has 0 saturated carbocycles. The summed E-state index contributed by atoms with van der Waals surface area (Å²) in [5.41, 5.74) is 0.604. The Morgan fingerprint density at radius 1 is 1.00 bits per heavy atom. The van der Waals surface area contributed by atoms with Gasteiger partial charge in [-0.25, -0.2) is 9.59 Å². The van der Waals surface area contributed by atoms with E-state index >= 15 is 0 Å². The van der Waals surface area contributed by atoms with Crippen LogP contribution in [0.25, 0.3) is 0 Å². The summed E-state index contributed by atoms with van der Waals surface area (Å²) < 4.78 is 27.8. The molecule has 0 aromatic heterocycles. The molecule has 106 valence electrons. The van der Waals surface area contributed by atoms with Gasteiger partial charge in [0.1, 0.15) is 0 Å². The van der Waals surface area contributed by atoms with Crippen LogP contribution >= 0.6 is 7.37 Å². The molecular weight excluding hydrogens is 298 g/mol. The predicted molar refractivity (Wildman–Crippen MR) is 72.8 cm³/mol. The zero-order chi connectivity index (χ0) is 14.8. The van der Waals surface area contributed by atoms with E-state index in [2.05, 4.69) is 0 Å². The van der Waals surface area contributed by atoms with Gasteiger partial charge in [0.2, 0.25) is 0 Å². The minimum atomic E-state index is -3.13. The fourth-order valence-corrected chi connectivity index (χ4v) is 5.56. The van der Waals surface area contributed by atoms with Crippen molar-refractivity contribution in [1.82, 2.24) is 0 Å². The summed E-state index contributed by atoms with van der Waals surface area (Å²) in [4.78, 5) is 23.7. The third-order valence-corrected chi connectivity index (χ3v) is 7.97. The molecule has 1 aromatic carbocycles. The van der Waals surface area contributed by atoms with Gasteiger partial charge in [-0.1, -0.05) is 13.8 Å². The van der Waals surface area contributed by atoms with Crippen LogP contribution in [0.4, 0.5) is 0 Å². The number of carbonyl (C=O) groups is 2. The summed E-state index contributed by atoms with van der Waals surface area (Å²) in [7, 11) is -2.92. The topological polar surface area (TPSA) is 78.9 Å². The van der Waals surface area contributed by atoms with E-state index in [0.29, 0.717) is 23.5 Å². The van der Waals surface area contributed by atoms with Crippen LogP contribution < -0.4 is 0 Å². The van der Waals surface area contributed by atoms with E-state index in [1.165, 1.54) is 24.3 Å². The second-order valence-corrected chi connectivity index (χ2v) is 9.02. The lowest BCUT2D eigenvalue weighted by Gasteiger charge is -2.18. The maximum Gasteiger partial charge on any atom is 1.11 e. The molecule has 0 unspecified atom stereocenters. The number of hydrogen-bond acceptors (Lipinski definition) is 6. The van der Waals surface area contributed by atoms with Gasteiger partial charge in [0.15, 0.2) is 7.37 Å². The summed E-state index contributed by atoms with van der Waals surface area (Å²) in [5, 5.41) is 0. The first kappa shape index (κ1) is 15.3. The van der Waals surface area contributed by atoms with E-state index in [0.717, 1.165) is 0 Å². The Hall–Kier alpha value is -1.12. The van der Waals surface area contributed by atoms with E-state index in [-0.39, 0.29) is 0 Å². The molecule has 2 bridgehead atoms. The quantitative estimate of drug-likeness (QED) is 0.627. The highest BCUT2D eigenvalue weighted by atomic mass is 31.2. The van der Waals surface area contributed by atoms with Gasteiger partial charge in [0, 0.05) is 12.3 Å². The summed E-state index contributed by atoms with van der Waals surface area (Å²) >= 11 is -3.13. The van der Waals surface area contributed by atoms with Crippen molar-refractivity contribution in [3.8, 4) is 0 Å². The van der Waals surface area contributed by atoms with Crippen LogP contribution in [-0.4, -0.2) is 39.4 Å². The fraction of sp³-hybridized carbons (Fsp3) is 0.333. The second kappa shape index (κ2) is 6.11. The van der Waals surface area contributed by atoms with E-state index < -0.39 is 34.5 Å². The third kappa shape index (κ3) is 3.31. The number of fused-ring (bicyclic) bond motifs is 6. The van der Waals surface area contributed by atoms with Crippen LogP contribution in [-0.2, 0) is 15.7 Å². The smallest absolute Gasteiger partial charge is 0.558 e. The Morgan fingerprint density at radius 3 is 1.75 bits per heavy atom. The first-order chi connectivity index (χ1) is 9.47. The highest BCUT2D eigenvalue weighted by Crippen LogP contribution is 2.46. The molecule has 0 fully saturated rings. The number of benzene rings is 1. The van der Waals surface area contributed by atoms with Crippen LogP contribution in [0.3, 0.4) is 0 Å². The number of hydrogen-bond donors (Lipinski definition) is 0. The van der Waals surface area contributed by atoms with Gasteiger partial charge in [-0.05, 0) is 24.3 Å². The van der Waals surface area contributed by atoms with Gasteiger partial charge in [-0.15, -0.1) is 0 Å². The molecule has 0 N–H and O–H groups in total. The van der Waals surface area contributed by atoms with Crippen LogP contribution in [0.1, 0.15) is 34.6 Å². The Kier molecular flexibility index (Phi) is 4.67. The van der Waals surface area contributed by atoms with E-state index in [4.69, 9.17) is 11.2 Å². The molecule has 0 atom stereocenters. The molecule has 2 aliphatic heterocycles. The summed E-state index contributed by atoms with van der Waals surface area (Å²) in [6, 6.07) is 5.92. The molecule has 6 nitrogen and oxygen atoms in total. The minimum absolute atomic E-state index is 0.297. The largest absolute Gasteiger partial charge is 1.11 e. The Balaban J connectivity index is 2.25. The van der Waals surface area contributed by atoms with Crippen molar-refractivity contribution in [2.75, 3.05) is 12.3 Å². The molecule has 0 spiro atoms. The maximum atomic E-state index is 12.3. The lowest BCUT2D eigenvalue weighted by Crippen LogP contribution is -2.31. The molecule has 20 heavy (non-hydrogen) atoms. The molecule has 8 heteroatoms. The van der Waals surface area contributed by atoms with Gasteiger partial charge < -0.3 is 11.2 Å². The Bertz CT molecular complexity index is 525. The van der Waals surface area contributed by atoms with Crippen molar-refractivity contribution < 1.29 is 25.3 Å². The van der Waals surface area contributed by atoms with Crippen molar-refractivity contribution in [1.29, 1.82) is 0 Å². The maximum absolute atomic E-state index is 12.3. The SMILES string of the molecule is CCP(=O)(CC)[O][Al]1[O]C(=O)c2ccc(cc2)C(=O)[O]1. The van der Waals surface area contributed by atoms with Gasteiger partial charge in [-0.3, -0.25) is 4.57 Å². The van der Waals surface area contributed by atoms with Crippen LogP contribution in [0.5, 0.6) is 0 Å². The zero-order valence-corrected chi connectivity index (χ0v) is 13.2. The average molecular weight is 312 g/mol. The zero-order valence-electron chi connectivity index (χ0n) is 11.2. The molecule has 2 aliphatic rings. The normalized spacial score (nSPS) is 15.2. The summed E-state index contributed by atoms with van der Waals surface area (Å²) in [5.74, 6) is -1.27. The van der Waals surface area contributed by atoms with Crippen molar-refractivity contribution in [2.24, 2.45) is 0 Å². The van der Waals surface area contributed by atoms with Crippen molar-refractivity contribution >= 4 is 34.5 Å².